The van der Waals surface area contributed by atoms with Gasteiger partial charge in [0.25, 0.3) is 0 Å². The highest BCUT2D eigenvalue weighted by atomic mass is 79.9. The Hall–Kier alpha value is -0.870. The van der Waals surface area contributed by atoms with Gasteiger partial charge in [0.05, 0.1) is 25.2 Å². The summed E-state index contributed by atoms with van der Waals surface area (Å²) in [4.78, 5) is 14.2. The summed E-state index contributed by atoms with van der Waals surface area (Å²) < 4.78 is 6.57. The van der Waals surface area contributed by atoms with Gasteiger partial charge in [-0.15, -0.1) is 0 Å². The van der Waals surface area contributed by atoms with E-state index in [0.717, 1.165) is 10.0 Å². The topological polar surface area (TPSA) is 29.5 Å². The van der Waals surface area contributed by atoms with Crippen molar-refractivity contribution in [2.75, 3.05) is 13.2 Å². The van der Waals surface area contributed by atoms with E-state index in [0.29, 0.717) is 19.6 Å². The molecular formula is C14H18BrNO2. The number of morpholine rings is 1. The Balaban J connectivity index is 2.00. The quantitative estimate of drug-likeness (QED) is 0.840. The molecule has 1 aliphatic heterocycles. The van der Waals surface area contributed by atoms with Crippen molar-refractivity contribution in [2.24, 2.45) is 0 Å². The lowest BCUT2D eigenvalue weighted by molar-refractivity contribution is -0.142. The van der Waals surface area contributed by atoms with Gasteiger partial charge in [-0.3, -0.25) is 4.79 Å². The normalized spacial score (nSPS) is 24.1. The van der Waals surface area contributed by atoms with E-state index in [1.807, 2.05) is 43.0 Å². The molecule has 0 aliphatic carbocycles. The fraction of sp³-hybridized carbons (Fsp3) is 0.500. The smallest absolute Gasteiger partial charge is 0.227 e. The van der Waals surface area contributed by atoms with Crippen LogP contribution in [0.3, 0.4) is 0 Å². The number of benzene rings is 1. The molecule has 2 unspecified atom stereocenters. The first-order valence-electron chi connectivity index (χ1n) is 6.22. The highest BCUT2D eigenvalue weighted by Gasteiger charge is 2.27. The van der Waals surface area contributed by atoms with E-state index < -0.39 is 0 Å². The summed E-state index contributed by atoms with van der Waals surface area (Å²) in [6.45, 7) is 5.36. The van der Waals surface area contributed by atoms with Crippen LogP contribution in [-0.4, -0.2) is 36.1 Å². The van der Waals surface area contributed by atoms with Crippen molar-refractivity contribution < 1.29 is 9.53 Å². The molecule has 4 heteroatoms. The lowest BCUT2D eigenvalue weighted by Gasteiger charge is -2.36. The maximum atomic E-state index is 12.3. The van der Waals surface area contributed by atoms with Crippen LogP contribution in [0.25, 0.3) is 0 Å². The molecule has 0 saturated carbocycles. The summed E-state index contributed by atoms with van der Waals surface area (Å²) in [6, 6.07) is 8.07. The SMILES string of the molecule is CC1CN(C(=O)Cc2ccc(Br)cc2)C(C)CO1. The largest absolute Gasteiger partial charge is 0.375 e. The van der Waals surface area contributed by atoms with Gasteiger partial charge >= 0.3 is 0 Å². The summed E-state index contributed by atoms with van der Waals surface area (Å²) >= 11 is 3.39. The number of carbonyl (C=O) groups is 1. The zero-order chi connectivity index (χ0) is 13.1. The number of amides is 1. The second-order valence-corrected chi connectivity index (χ2v) is 5.76. The minimum atomic E-state index is 0.134. The van der Waals surface area contributed by atoms with Crippen LogP contribution in [0.4, 0.5) is 0 Å². The summed E-state index contributed by atoms with van der Waals surface area (Å²) in [6.07, 6.45) is 0.597. The third-order valence-corrected chi connectivity index (χ3v) is 3.73. The third-order valence-electron chi connectivity index (χ3n) is 3.20. The predicted molar refractivity (Wildman–Crippen MR) is 74.4 cm³/mol. The minimum absolute atomic E-state index is 0.134. The average Bonchev–Trinajstić information content (AvgIpc) is 2.35. The highest BCUT2D eigenvalue weighted by Crippen LogP contribution is 2.15. The first kappa shape index (κ1) is 13.6. The zero-order valence-electron chi connectivity index (χ0n) is 10.7. The maximum Gasteiger partial charge on any atom is 0.227 e. The number of hydrogen-bond acceptors (Lipinski definition) is 2. The standard InChI is InChI=1S/C14H18BrNO2/c1-10-9-18-11(2)8-16(10)14(17)7-12-3-5-13(15)6-4-12/h3-6,10-11H,7-9H2,1-2H3. The molecule has 1 heterocycles. The van der Waals surface area contributed by atoms with Crippen LogP contribution in [0.1, 0.15) is 19.4 Å². The Labute approximate surface area is 116 Å². The van der Waals surface area contributed by atoms with Crippen molar-refractivity contribution in [3.63, 3.8) is 0 Å². The minimum Gasteiger partial charge on any atom is -0.375 e. The molecule has 1 amide bonds. The molecule has 2 atom stereocenters. The molecule has 0 aromatic heterocycles. The van der Waals surface area contributed by atoms with Crippen molar-refractivity contribution in [2.45, 2.75) is 32.4 Å². The van der Waals surface area contributed by atoms with E-state index in [4.69, 9.17) is 4.74 Å². The molecule has 0 radical (unpaired) electrons. The van der Waals surface area contributed by atoms with E-state index in [-0.39, 0.29) is 18.1 Å². The van der Waals surface area contributed by atoms with Gasteiger partial charge in [-0.05, 0) is 31.5 Å². The van der Waals surface area contributed by atoms with Crippen LogP contribution in [0, 0.1) is 0 Å². The first-order valence-corrected chi connectivity index (χ1v) is 7.01. The Kier molecular flexibility index (Phi) is 4.40. The molecule has 1 aromatic carbocycles. The molecule has 2 rings (SSSR count). The predicted octanol–water partition coefficient (Wildman–Crippen LogP) is 2.63. The van der Waals surface area contributed by atoms with Crippen LogP contribution in [0.15, 0.2) is 28.7 Å². The summed E-state index contributed by atoms with van der Waals surface area (Å²) in [5, 5.41) is 0. The van der Waals surface area contributed by atoms with Gasteiger partial charge in [0, 0.05) is 11.0 Å². The number of nitrogens with zero attached hydrogens (tertiary/aromatic N) is 1. The van der Waals surface area contributed by atoms with Crippen LogP contribution in [0.2, 0.25) is 0 Å². The molecule has 0 N–H and O–H groups in total. The lowest BCUT2D eigenvalue weighted by atomic mass is 10.1. The molecule has 1 saturated heterocycles. The number of carbonyl (C=O) groups excluding carboxylic acids is 1. The average molecular weight is 312 g/mol. The summed E-state index contributed by atoms with van der Waals surface area (Å²) in [7, 11) is 0. The Bertz CT molecular complexity index is 418. The molecule has 98 valence electrons. The van der Waals surface area contributed by atoms with E-state index in [1.54, 1.807) is 0 Å². The number of hydrogen-bond donors (Lipinski definition) is 0. The van der Waals surface area contributed by atoms with Crippen LogP contribution >= 0.6 is 15.9 Å². The molecule has 18 heavy (non-hydrogen) atoms. The molecule has 3 nitrogen and oxygen atoms in total. The van der Waals surface area contributed by atoms with Gasteiger partial charge in [0.1, 0.15) is 0 Å². The second kappa shape index (κ2) is 5.85. The van der Waals surface area contributed by atoms with Gasteiger partial charge in [-0.1, -0.05) is 28.1 Å². The van der Waals surface area contributed by atoms with Gasteiger partial charge in [-0.2, -0.15) is 0 Å². The summed E-state index contributed by atoms with van der Waals surface area (Å²) in [5.41, 5.74) is 1.05. The Morgan fingerprint density at radius 2 is 2.06 bits per heavy atom. The summed E-state index contributed by atoms with van der Waals surface area (Å²) in [5.74, 6) is 0.181. The number of ether oxygens (including phenoxy) is 1. The second-order valence-electron chi connectivity index (χ2n) is 4.84. The van der Waals surface area contributed by atoms with Crippen molar-refractivity contribution in [1.29, 1.82) is 0 Å². The third kappa shape index (κ3) is 3.33. The number of halogens is 1. The molecule has 1 fully saturated rings. The van der Waals surface area contributed by atoms with Crippen molar-refractivity contribution >= 4 is 21.8 Å². The van der Waals surface area contributed by atoms with Crippen molar-refractivity contribution in [1.82, 2.24) is 4.90 Å². The molecule has 1 aliphatic rings. The van der Waals surface area contributed by atoms with Crippen molar-refractivity contribution in [3.05, 3.63) is 34.3 Å². The van der Waals surface area contributed by atoms with Gasteiger partial charge < -0.3 is 9.64 Å². The Morgan fingerprint density at radius 1 is 1.39 bits per heavy atom. The van der Waals surface area contributed by atoms with Crippen LogP contribution < -0.4 is 0 Å². The zero-order valence-corrected chi connectivity index (χ0v) is 12.3. The van der Waals surface area contributed by atoms with Crippen LogP contribution in [0.5, 0.6) is 0 Å². The van der Waals surface area contributed by atoms with E-state index in [9.17, 15) is 4.79 Å². The van der Waals surface area contributed by atoms with Crippen LogP contribution in [-0.2, 0) is 16.0 Å². The monoisotopic (exact) mass is 311 g/mol. The van der Waals surface area contributed by atoms with E-state index in [2.05, 4.69) is 15.9 Å². The lowest BCUT2D eigenvalue weighted by Crippen LogP contribution is -2.50. The molecule has 0 bridgehead atoms. The van der Waals surface area contributed by atoms with Gasteiger partial charge in [0.15, 0.2) is 0 Å². The molecule has 1 aromatic rings. The van der Waals surface area contributed by atoms with Gasteiger partial charge in [-0.25, -0.2) is 0 Å². The van der Waals surface area contributed by atoms with E-state index in [1.165, 1.54) is 0 Å². The molecule has 0 spiro atoms. The maximum absolute atomic E-state index is 12.3. The first-order chi connectivity index (χ1) is 8.56. The van der Waals surface area contributed by atoms with Crippen molar-refractivity contribution in [3.8, 4) is 0 Å². The highest BCUT2D eigenvalue weighted by molar-refractivity contribution is 9.10. The van der Waals surface area contributed by atoms with E-state index >= 15 is 0 Å². The fourth-order valence-electron chi connectivity index (χ4n) is 2.13. The fourth-order valence-corrected chi connectivity index (χ4v) is 2.39. The number of rotatable bonds is 2. The Morgan fingerprint density at radius 3 is 2.72 bits per heavy atom. The van der Waals surface area contributed by atoms with Gasteiger partial charge in [0.2, 0.25) is 5.91 Å². The molecular weight excluding hydrogens is 294 g/mol.